The van der Waals surface area contributed by atoms with Gasteiger partial charge in [-0.1, -0.05) is 24.4 Å². The predicted octanol–water partition coefficient (Wildman–Crippen LogP) is 0.223. The number of hydrogen-bond donors (Lipinski definition) is 4. The Morgan fingerprint density at radius 3 is 1.46 bits per heavy atom. The summed E-state index contributed by atoms with van der Waals surface area (Å²) in [4.78, 5) is 0. The Hall–Kier alpha value is 2.48. The van der Waals surface area contributed by atoms with Crippen LogP contribution in [0, 0.1) is 0 Å². The van der Waals surface area contributed by atoms with E-state index in [2.05, 4.69) is 60.3 Å². The second kappa shape index (κ2) is 14.5. The Morgan fingerprint density at radius 1 is 0.923 bits per heavy atom. The van der Waals surface area contributed by atoms with Gasteiger partial charge in [-0.25, -0.2) is 0 Å². The van der Waals surface area contributed by atoms with Crippen molar-refractivity contribution < 1.29 is 0 Å². The van der Waals surface area contributed by atoms with Crippen LogP contribution in [0.2, 0.25) is 0 Å². The quantitative estimate of drug-likeness (QED) is 0.255. The Bertz CT molecular complexity index is 139. The maximum atomic E-state index is 4.69. The van der Waals surface area contributed by atoms with Crippen LogP contribution in [0.5, 0.6) is 0 Å². The molecule has 2 nitrogen and oxygen atoms in total. The molecule has 2 radical (unpaired) electrons. The van der Waals surface area contributed by atoms with Gasteiger partial charge in [-0.3, -0.25) is 0 Å². The maximum absolute atomic E-state index is 4.69. The van der Waals surface area contributed by atoms with Crippen LogP contribution in [0.3, 0.4) is 0 Å². The maximum Gasteiger partial charge on any atom is 0.130 e. The second-order valence-electron chi connectivity index (χ2n) is 1.82. The third-order valence-corrected chi connectivity index (χ3v) is 1.51. The molecule has 0 heterocycles. The molecule has 0 aliphatic rings. The summed E-state index contributed by atoms with van der Waals surface area (Å²) >= 11 is 17.2. The molecular formula is C5H10N2Na2S4. The van der Waals surface area contributed by atoms with Crippen molar-refractivity contribution >= 4 is 117 Å². The molecule has 0 bridgehead atoms. The number of nitrogens with one attached hydrogen (secondary N) is 2. The van der Waals surface area contributed by atoms with E-state index in [9.17, 15) is 0 Å². The summed E-state index contributed by atoms with van der Waals surface area (Å²) in [6, 6.07) is 0. The van der Waals surface area contributed by atoms with Gasteiger partial charge < -0.3 is 10.6 Å². The third-order valence-electron chi connectivity index (χ3n) is 0.906. The minimum atomic E-state index is 0. The Labute approximate surface area is 145 Å². The topological polar surface area (TPSA) is 24.1 Å². The van der Waals surface area contributed by atoms with Gasteiger partial charge in [-0.05, 0) is 6.42 Å². The summed E-state index contributed by atoms with van der Waals surface area (Å²) in [5, 5.41) is 5.81. The molecule has 13 heavy (non-hydrogen) atoms. The van der Waals surface area contributed by atoms with Gasteiger partial charge >= 0.3 is 0 Å². The van der Waals surface area contributed by atoms with E-state index in [1.807, 2.05) is 0 Å². The fourth-order valence-electron chi connectivity index (χ4n) is 0.479. The van der Waals surface area contributed by atoms with Crippen LogP contribution in [-0.4, -0.2) is 80.8 Å². The molecule has 0 saturated carbocycles. The number of rotatable bonds is 4. The first-order valence-electron chi connectivity index (χ1n) is 3.06. The zero-order chi connectivity index (χ0) is 8.69. The minimum absolute atomic E-state index is 0. The molecule has 0 rings (SSSR count). The fraction of sp³-hybridized carbons (Fsp3) is 0.600. The Morgan fingerprint density at radius 2 is 1.23 bits per heavy atom. The summed E-state index contributed by atoms with van der Waals surface area (Å²) in [5.74, 6) is 0. The summed E-state index contributed by atoms with van der Waals surface area (Å²) in [6.07, 6.45) is 0.946. The largest absolute Gasteiger partial charge is 0.371 e. The molecule has 8 heteroatoms. The van der Waals surface area contributed by atoms with E-state index in [1.165, 1.54) is 0 Å². The molecular weight excluding hydrogens is 262 g/mol. The van der Waals surface area contributed by atoms with Gasteiger partial charge in [-0.15, -0.1) is 25.3 Å². The van der Waals surface area contributed by atoms with E-state index in [-0.39, 0.29) is 59.1 Å². The molecule has 0 amide bonds. The van der Waals surface area contributed by atoms with Gasteiger partial charge in [-0.2, -0.15) is 0 Å². The van der Waals surface area contributed by atoms with E-state index < -0.39 is 0 Å². The van der Waals surface area contributed by atoms with E-state index in [0.29, 0.717) is 8.64 Å². The van der Waals surface area contributed by atoms with Crippen molar-refractivity contribution in [2.75, 3.05) is 13.1 Å². The van der Waals surface area contributed by atoms with Crippen molar-refractivity contribution in [1.82, 2.24) is 10.6 Å². The first-order valence-corrected chi connectivity index (χ1v) is 4.77. The number of thiocarbonyl (C=S) groups is 2. The second-order valence-corrected chi connectivity index (χ2v) is 4.13. The van der Waals surface area contributed by atoms with Crippen molar-refractivity contribution in [3.8, 4) is 0 Å². The average Bonchev–Trinajstić information content (AvgIpc) is 1.85. The van der Waals surface area contributed by atoms with E-state index in [0.717, 1.165) is 19.5 Å². The van der Waals surface area contributed by atoms with E-state index in [4.69, 9.17) is 0 Å². The van der Waals surface area contributed by atoms with Crippen molar-refractivity contribution in [3.63, 3.8) is 0 Å². The zero-order valence-corrected chi connectivity index (χ0v) is 15.3. The Balaban J connectivity index is -0.000000500. The molecule has 0 spiro atoms. The molecule has 0 aliphatic heterocycles. The van der Waals surface area contributed by atoms with Gasteiger partial charge in [0, 0.05) is 72.2 Å². The van der Waals surface area contributed by atoms with Gasteiger partial charge in [0.2, 0.25) is 0 Å². The molecule has 0 atom stereocenters. The zero-order valence-electron chi connectivity index (χ0n) is 7.83. The fourth-order valence-corrected chi connectivity index (χ4v) is 0.907. The minimum Gasteiger partial charge on any atom is -0.371 e. The summed E-state index contributed by atoms with van der Waals surface area (Å²) in [7, 11) is 0. The summed E-state index contributed by atoms with van der Waals surface area (Å²) in [5.41, 5.74) is 0. The van der Waals surface area contributed by atoms with Crippen LogP contribution in [0.15, 0.2) is 0 Å². The number of hydrogen-bond acceptors (Lipinski definition) is 2. The molecule has 0 fully saturated rings. The molecule has 0 aromatic carbocycles. The summed E-state index contributed by atoms with van der Waals surface area (Å²) < 4.78 is 1.05. The smallest absolute Gasteiger partial charge is 0.130 e. The van der Waals surface area contributed by atoms with Gasteiger partial charge in [0.05, 0.1) is 0 Å². The number of thiol groups is 2. The molecule has 0 unspecified atom stereocenters. The first kappa shape index (κ1) is 20.8. The van der Waals surface area contributed by atoms with Crippen LogP contribution in [0.25, 0.3) is 0 Å². The molecule has 0 aromatic heterocycles. The van der Waals surface area contributed by atoms with Crippen molar-refractivity contribution in [3.05, 3.63) is 0 Å². The molecule has 0 aliphatic carbocycles. The van der Waals surface area contributed by atoms with Crippen LogP contribution >= 0.6 is 49.7 Å². The standard InChI is InChI=1S/C5H10N2S4.2Na/c8-4(9)6-2-1-3-7-5(10)11;;/h1-3H2,(H2,6,8,9)(H2,7,10,11);;. The predicted molar refractivity (Wildman–Crippen MR) is 75.3 cm³/mol. The third kappa shape index (κ3) is 20.5. The van der Waals surface area contributed by atoms with Crippen molar-refractivity contribution in [1.29, 1.82) is 0 Å². The van der Waals surface area contributed by atoms with Crippen molar-refractivity contribution in [2.45, 2.75) is 6.42 Å². The van der Waals surface area contributed by atoms with E-state index in [1.54, 1.807) is 0 Å². The van der Waals surface area contributed by atoms with Crippen LogP contribution in [0.4, 0.5) is 0 Å². The molecule has 66 valence electrons. The van der Waals surface area contributed by atoms with Gasteiger partial charge in [0.25, 0.3) is 0 Å². The average molecular weight is 272 g/mol. The van der Waals surface area contributed by atoms with Crippen molar-refractivity contribution in [2.24, 2.45) is 0 Å². The molecule has 0 aromatic rings. The normalized spacial score (nSPS) is 7.54. The molecule has 0 saturated heterocycles. The summed E-state index contributed by atoms with van der Waals surface area (Å²) in [6.45, 7) is 1.62. The first-order chi connectivity index (χ1) is 5.13. The molecule has 2 N–H and O–H groups in total. The Kier molecular flexibility index (Phi) is 23.2. The van der Waals surface area contributed by atoms with E-state index >= 15 is 0 Å². The van der Waals surface area contributed by atoms with Crippen LogP contribution < -0.4 is 10.6 Å². The van der Waals surface area contributed by atoms with Gasteiger partial charge in [0.15, 0.2) is 0 Å². The van der Waals surface area contributed by atoms with Gasteiger partial charge in [0.1, 0.15) is 8.64 Å². The van der Waals surface area contributed by atoms with Crippen LogP contribution in [0.1, 0.15) is 6.42 Å². The van der Waals surface area contributed by atoms with Crippen LogP contribution in [-0.2, 0) is 0 Å². The SMILES string of the molecule is S=C(S)NCCCNC(=S)S.[Na].[Na]. The monoisotopic (exact) mass is 272 g/mol.